The van der Waals surface area contributed by atoms with E-state index in [9.17, 15) is 21.4 Å². The van der Waals surface area contributed by atoms with E-state index in [2.05, 4.69) is 0 Å². The number of hydrogen-bond donors (Lipinski definition) is 1. The summed E-state index contributed by atoms with van der Waals surface area (Å²) in [5.41, 5.74) is 2.36. The highest BCUT2D eigenvalue weighted by molar-refractivity contribution is 7.87. The van der Waals surface area contributed by atoms with E-state index in [4.69, 9.17) is 4.18 Å². The fourth-order valence-electron chi connectivity index (χ4n) is 3.06. The third kappa shape index (κ3) is 5.42. The van der Waals surface area contributed by atoms with Crippen molar-refractivity contribution in [2.45, 2.75) is 76.0 Å². The van der Waals surface area contributed by atoms with E-state index < -0.39 is 20.2 Å². The molecule has 0 saturated carbocycles. The van der Waals surface area contributed by atoms with Gasteiger partial charge < -0.3 is 4.18 Å². The number of benzene rings is 2. The maximum atomic E-state index is 13.1. The third-order valence-electron chi connectivity index (χ3n) is 4.98. The van der Waals surface area contributed by atoms with Crippen molar-refractivity contribution in [3.63, 3.8) is 0 Å². The van der Waals surface area contributed by atoms with Crippen LogP contribution in [0, 0.1) is 6.92 Å². The average Bonchev–Trinajstić information content (AvgIpc) is 2.61. The first-order valence-electron chi connectivity index (χ1n) is 9.85. The standard InChI is InChI=1S/C22H30O6S2/c1-13(2)17-9-18(14(3)4)11-19(10-17)30(26,27)28-21-12-20(15(5)6)22(8-16(21)7)29(23,24)25/h8-15H,1-7H3,(H,23,24,25). The highest BCUT2D eigenvalue weighted by Crippen LogP contribution is 2.33. The SMILES string of the molecule is Cc1cc(S(=O)(=O)O)c(C(C)C)cc1OS(=O)(=O)c1cc(C(C)C)cc(C(C)C)c1. The molecule has 8 heteroatoms. The number of rotatable bonds is 7. The molecule has 0 heterocycles. The summed E-state index contributed by atoms with van der Waals surface area (Å²) >= 11 is 0. The summed E-state index contributed by atoms with van der Waals surface area (Å²) in [6.45, 7) is 13.0. The maximum absolute atomic E-state index is 13.1. The van der Waals surface area contributed by atoms with E-state index in [0.29, 0.717) is 5.56 Å². The minimum absolute atomic E-state index is 0.0344. The molecule has 2 aromatic rings. The van der Waals surface area contributed by atoms with Gasteiger partial charge in [0.25, 0.3) is 10.1 Å². The fourth-order valence-corrected chi connectivity index (χ4v) is 5.06. The van der Waals surface area contributed by atoms with Crippen LogP contribution in [0.4, 0.5) is 0 Å². The van der Waals surface area contributed by atoms with Gasteiger partial charge in [0.1, 0.15) is 10.6 Å². The molecule has 0 fully saturated rings. The molecule has 2 aromatic carbocycles. The van der Waals surface area contributed by atoms with Gasteiger partial charge in [-0.3, -0.25) is 4.55 Å². The molecule has 0 aliphatic heterocycles. The Bertz CT molecular complexity index is 1120. The Labute approximate surface area is 180 Å². The molecule has 0 unspecified atom stereocenters. The zero-order valence-electron chi connectivity index (χ0n) is 18.4. The minimum Gasteiger partial charge on any atom is -0.379 e. The second-order valence-electron chi connectivity index (χ2n) is 8.47. The molecule has 1 N–H and O–H groups in total. The summed E-state index contributed by atoms with van der Waals surface area (Å²) in [5.74, 6) is 0.0403. The molecule has 0 aliphatic carbocycles. The van der Waals surface area contributed by atoms with Crippen molar-refractivity contribution in [1.82, 2.24) is 0 Å². The van der Waals surface area contributed by atoms with Crippen molar-refractivity contribution in [1.29, 1.82) is 0 Å². The molecule has 0 atom stereocenters. The Kier molecular flexibility index (Phi) is 7.06. The fraction of sp³-hybridized carbons (Fsp3) is 0.455. The normalized spacial score (nSPS) is 12.8. The van der Waals surface area contributed by atoms with Crippen LogP contribution in [0.25, 0.3) is 0 Å². The zero-order chi connectivity index (χ0) is 23.0. The number of aryl methyl sites for hydroxylation is 1. The first-order valence-corrected chi connectivity index (χ1v) is 12.7. The monoisotopic (exact) mass is 454 g/mol. The topological polar surface area (TPSA) is 97.7 Å². The Morgan fingerprint density at radius 1 is 0.767 bits per heavy atom. The second kappa shape index (κ2) is 8.69. The quantitative estimate of drug-likeness (QED) is 0.445. The Hall–Kier alpha value is -1.90. The lowest BCUT2D eigenvalue weighted by molar-refractivity contribution is 0.478. The Balaban J connectivity index is 2.61. The molecule has 0 spiro atoms. The molecular formula is C22H30O6S2. The highest BCUT2D eigenvalue weighted by Gasteiger charge is 2.25. The molecular weight excluding hydrogens is 424 g/mol. The van der Waals surface area contributed by atoms with Gasteiger partial charge in [-0.25, -0.2) is 0 Å². The van der Waals surface area contributed by atoms with Gasteiger partial charge in [0.15, 0.2) is 0 Å². The first-order chi connectivity index (χ1) is 13.6. The van der Waals surface area contributed by atoms with Crippen molar-refractivity contribution in [3.8, 4) is 5.75 Å². The van der Waals surface area contributed by atoms with Crippen LogP contribution >= 0.6 is 0 Å². The second-order valence-corrected chi connectivity index (χ2v) is 11.4. The van der Waals surface area contributed by atoms with E-state index in [1.165, 1.54) is 19.1 Å². The van der Waals surface area contributed by atoms with Gasteiger partial charge in [-0.1, -0.05) is 47.6 Å². The van der Waals surface area contributed by atoms with Crippen LogP contribution in [-0.2, 0) is 20.2 Å². The maximum Gasteiger partial charge on any atom is 0.339 e. The van der Waals surface area contributed by atoms with Crippen LogP contribution in [0.2, 0.25) is 0 Å². The average molecular weight is 455 g/mol. The molecule has 2 rings (SSSR count). The Morgan fingerprint density at radius 3 is 1.67 bits per heavy atom. The zero-order valence-corrected chi connectivity index (χ0v) is 20.1. The van der Waals surface area contributed by atoms with Gasteiger partial charge in [-0.2, -0.15) is 16.8 Å². The summed E-state index contributed by atoms with van der Waals surface area (Å²) in [6, 6.07) is 7.82. The molecule has 6 nitrogen and oxygen atoms in total. The van der Waals surface area contributed by atoms with E-state index >= 15 is 0 Å². The summed E-state index contributed by atoms with van der Waals surface area (Å²) in [5, 5.41) is 0. The molecule has 166 valence electrons. The lowest BCUT2D eigenvalue weighted by Crippen LogP contribution is -2.13. The van der Waals surface area contributed by atoms with Crippen LogP contribution in [0.3, 0.4) is 0 Å². The molecule has 0 radical (unpaired) electrons. The van der Waals surface area contributed by atoms with E-state index in [1.807, 2.05) is 33.8 Å². The van der Waals surface area contributed by atoms with Gasteiger partial charge in [-0.15, -0.1) is 0 Å². The van der Waals surface area contributed by atoms with Gasteiger partial charge in [0, 0.05) is 0 Å². The smallest absolute Gasteiger partial charge is 0.339 e. The molecule has 30 heavy (non-hydrogen) atoms. The summed E-state index contributed by atoms with van der Waals surface area (Å²) in [4.78, 5) is -0.189. The largest absolute Gasteiger partial charge is 0.379 e. The van der Waals surface area contributed by atoms with E-state index in [-0.39, 0.29) is 38.9 Å². The highest BCUT2D eigenvalue weighted by atomic mass is 32.2. The number of hydrogen-bond acceptors (Lipinski definition) is 5. The Morgan fingerprint density at radius 2 is 1.27 bits per heavy atom. The molecule has 0 saturated heterocycles. The van der Waals surface area contributed by atoms with Crippen LogP contribution < -0.4 is 4.18 Å². The summed E-state index contributed by atoms with van der Waals surface area (Å²) < 4.78 is 64.6. The van der Waals surface area contributed by atoms with Crippen LogP contribution in [0.5, 0.6) is 5.75 Å². The minimum atomic E-state index is -4.45. The van der Waals surface area contributed by atoms with Crippen molar-refractivity contribution in [2.24, 2.45) is 0 Å². The molecule has 0 bridgehead atoms. The van der Waals surface area contributed by atoms with Gasteiger partial charge in [-0.05, 0) is 71.2 Å². The van der Waals surface area contributed by atoms with Gasteiger partial charge in [0.05, 0.1) is 4.90 Å². The van der Waals surface area contributed by atoms with Crippen LogP contribution in [0.1, 0.15) is 81.5 Å². The third-order valence-corrected chi connectivity index (χ3v) is 7.10. The van der Waals surface area contributed by atoms with E-state index in [0.717, 1.165) is 11.1 Å². The van der Waals surface area contributed by atoms with Crippen molar-refractivity contribution in [2.75, 3.05) is 0 Å². The lowest BCUT2D eigenvalue weighted by atomic mass is 9.96. The first kappa shape index (κ1) is 24.4. The lowest BCUT2D eigenvalue weighted by Gasteiger charge is -2.17. The molecule has 0 aliphatic rings. The summed E-state index contributed by atoms with van der Waals surface area (Å²) in [6.07, 6.45) is 0. The van der Waals surface area contributed by atoms with Crippen LogP contribution in [0.15, 0.2) is 40.1 Å². The predicted octanol–water partition coefficient (Wildman–Crippen LogP) is 5.38. The van der Waals surface area contributed by atoms with Crippen LogP contribution in [-0.4, -0.2) is 21.4 Å². The summed E-state index contributed by atoms with van der Waals surface area (Å²) in [7, 11) is -8.60. The molecule has 0 amide bonds. The van der Waals surface area contributed by atoms with Crippen molar-refractivity contribution in [3.05, 3.63) is 52.6 Å². The van der Waals surface area contributed by atoms with Gasteiger partial charge in [0.2, 0.25) is 0 Å². The van der Waals surface area contributed by atoms with Crippen molar-refractivity contribution < 1.29 is 25.6 Å². The van der Waals surface area contributed by atoms with E-state index in [1.54, 1.807) is 26.0 Å². The van der Waals surface area contributed by atoms with Gasteiger partial charge >= 0.3 is 10.1 Å². The predicted molar refractivity (Wildman–Crippen MR) is 118 cm³/mol. The molecule has 0 aromatic heterocycles. The van der Waals surface area contributed by atoms with Crippen molar-refractivity contribution >= 4 is 20.2 Å².